The molecule has 0 amide bonds. The summed E-state index contributed by atoms with van der Waals surface area (Å²) in [5, 5.41) is 9.81. The Morgan fingerprint density at radius 3 is 2.89 bits per heavy atom. The summed E-state index contributed by atoms with van der Waals surface area (Å²) in [6, 6.07) is 5.81. The van der Waals surface area contributed by atoms with E-state index >= 15 is 0 Å². The first-order valence-corrected chi connectivity index (χ1v) is 6.51. The molecular weight excluding hydrogens is 228 g/mol. The maximum absolute atomic E-state index is 9.81. The predicted molar refractivity (Wildman–Crippen MR) is 73.0 cm³/mol. The van der Waals surface area contributed by atoms with Gasteiger partial charge in [0.15, 0.2) is 0 Å². The van der Waals surface area contributed by atoms with Gasteiger partial charge in [0.2, 0.25) is 0 Å². The number of nitrogens with two attached hydrogens (primary N) is 1. The highest BCUT2D eigenvalue weighted by molar-refractivity contribution is 5.61. The van der Waals surface area contributed by atoms with Crippen molar-refractivity contribution in [2.75, 3.05) is 31.1 Å². The molecule has 0 aromatic heterocycles. The van der Waals surface area contributed by atoms with Gasteiger partial charge in [-0.05, 0) is 23.6 Å². The molecule has 0 saturated heterocycles. The van der Waals surface area contributed by atoms with Crippen LogP contribution < -0.4 is 15.4 Å². The zero-order chi connectivity index (χ0) is 13.1. The first-order valence-electron chi connectivity index (χ1n) is 6.51. The number of benzene rings is 1. The van der Waals surface area contributed by atoms with Gasteiger partial charge in [-0.1, -0.05) is 19.9 Å². The van der Waals surface area contributed by atoms with Crippen LogP contribution in [0, 0.1) is 5.92 Å². The summed E-state index contributed by atoms with van der Waals surface area (Å²) in [7, 11) is 0. The Kier molecular flexibility index (Phi) is 4.09. The van der Waals surface area contributed by atoms with Crippen molar-refractivity contribution < 1.29 is 9.84 Å². The van der Waals surface area contributed by atoms with Gasteiger partial charge in [-0.2, -0.15) is 0 Å². The fourth-order valence-corrected chi connectivity index (χ4v) is 2.26. The van der Waals surface area contributed by atoms with Crippen LogP contribution in [-0.4, -0.2) is 31.3 Å². The molecule has 0 saturated carbocycles. The lowest BCUT2D eigenvalue weighted by Gasteiger charge is -2.33. The largest absolute Gasteiger partial charge is 0.490 e. The third-order valence-corrected chi connectivity index (χ3v) is 3.14. The lowest BCUT2D eigenvalue weighted by Crippen LogP contribution is -2.35. The number of aliphatic hydroxyl groups is 1. The second kappa shape index (κ2) is 5.59. The average Bonchev–Trinajstić information content (AvgIpc) is 2.37. The number of fused-ring (bicyclic) bond motifs is 1. The van der Waals surface area contributed by atoms with E-state index < -0.39 is 6.10 Å². The summed E-state index contributed by atoms with van der Waals surface area (Å²) in [4.78, 5) is 2.32. The molecule has 1 aromatic carbocycles. The Balaban J connectivity index is 2.29. The fourth-order valence-electron chi connectivity index (χ4n) is 2.26. The molecule has 1 aliphatic heterocycles. The first-order chi connectivity index (χ1) is 8.61. The monoisotopic (exact) mass is 250 g/mol. The van der Waals surface area contributed by atoms with Gasteiger partial charge in [-0.15, -0.1) is 0 Å². The Morgan fingerprint density at radius 1 is 1.44 bits per heavy atom. The molecule has 100 valence electrons. The minimum atomic E-state index is -0.599. The van der Waals surface area contributed by atoms with E-state index in [1.165, 1.54) is 0 Å². The maximum Gasteiger partial charge on any atom is 0.142 e. The average molecular weight is 250 g/mol. The van der Waals surface area contributed by atoms with Crippen LogP contribution in [0.4, 0.5) is 5.69 Å². The van der Waals surface area contributed by atoms with Gasteiger partial charge < -0.3 is 20.5 Å². The summed E-state index contributed by atoms with van der Waals surface area (Å²) >= 11 is 0. The van der Waals surface area contributed by atoms with Crippen molar-refractivity contribution in [3.8, 4) is 5.75 Å². The molecule has 0 radical (unpaired) electrons. The van der Waals surface area contributed by atoms with Gasteiger partial charge in [-0.25, -0.2) is 0 Å². The lowest BCUT2D eigenvalue weighted by molar-refractivity contribution is 0.186. The Bertz CT molecular complexity index is 407. The summed E-state index contributed by atoms with van der Waals surface area (Å²) < 4.78 is 5.65. The highest BCUT2D eigenvalue weighted by Crippen LogP contribution is 2.34. The number of rotatable bonds is 4. The molecule has 4 nitrogen and oxygen atoms in total. The molecule has 3 N–H and O–H groups in total. The van der Waals surface area contributed by atoms with Crippen LogP contribution in [-0.2, 0) is 0 Å². The third-order valence-electron chi connectivity index (χ3n) is 3.14. The van der Waals surface area contributed by atoms with Crippen molar-refractivity contribution in [1.29, 1.82) is 0 Å². The molecular formula is C14H22N2O2. The van der Waals surface area contributed by atoms with Crippen LogP contribution in [0.1, 0.15) is 25.5 Å². The zero-order valence-electron chi connectivity index (χ0n) is 11.1. The minimum Gasteiger partial charge on any atom is -0.490 e. The van der Waals surface area contributed by atoms with Crippen LogP contribution in [0.3, 0.4) is 0 Å². The number of aliphatic hydroxyl groups excluding tert-OH is 1. The van der Waals surface area contributed by atoms with Crippen molar-refractivity contribution in [3.63, 3.8) is 0 Å². The highest BCUT2D eigenvalue weighted by atomic mass is 16.5. The van der Waals surface area contributed by atoms with E-state index in [1.807, 2.05) is 18.2 Å². The first kappa shape index (κ1) is 13.2. The number of anilines is 1. The Hall–Kier alpha value is -1.26. The number of ether oxygens (including phenoxy) is 1. The van der Waals surface area contributed by atoms with Gasteiger partial charge in [0.05, 0.1) is 18.3 Å². The standard InChI is InChI=1S/C14H22N2O2/c1-10(2)9-16-5-6-18-14-4-3-11(7-12(14)16)13(17)8-15/h3-4,7,10,13,17H,5-6,8-9,15H2,1-2H3. The summed E-state index contributed by atoms with van der Waals surface area (Å²) in [6.07, 6.45) is -0.599. The molecule has 18 heavy (non-hydrogen) atoms. The van der Waals surface area contributed by atoms with Crippen molar-refractivity contribution in [2.24, 2.45) is 11.7 Å². The SMILES string of the molecule is CC(C)CN1CCOc2ccc(C(O)CN)cc21. The van der Waals surface area contributed by atoms with E-state index in [1.54, 1.807) is 0 Å². The summed E-state index contributed by atoms with van der Waals surface area (Å²) in [5.41, 5.74) is 7.43. The summed E-state index contributed by atoms with van der Waals surface area (Å²) in [6.45, 7) is 7.26. The molecule has 4 heteroatoms. The van der Waals surface area contributed by atoms with Gasteiger partial charge in [0, 0.05) is 13.1 Å². The lowest BCUT2D eigenvalue weighted by atomic mass is 10.1. The van der Waals surface area contributed by atoms with Crippen LogP contribution in [0.15, 0.2) is 18.2 Å². The topological polar surface area (TPSA) is 58.7 Å². The van der Waals surface area contributed by atoms with Crippen molar-refractivity contribution in [3.05, 3.63) is 23.8 Å². The van der Waals surface area contributed by atoms with E-state index in [9.17, 15) is 5.11 Å². The molecule has 0 spiro atoms. The normalized spacial score (nSPS) is 16.4. The molecule has 1 heterocycles. The van der Waals surface area contributed by atoms with Crippen molar-refractivity contribution >= 4 is 5.69 Å². The van der Waals surface area contributed by atoms with E-state index in [-0.39, 0.29) is 6.54 Å². The van der Waals surface area contributed by atoms with Crippen LogP contribution in [0.5, 0.6) is 5.75 Å². The molecule has 1 atom stereocenters. The Morgan fingerprint density at radius 2 is 2.22 bits per heavy atom. The van der Waals surface area contributed by atoms with E-state index in [0.717, 1.165) is 36.7 Å². The van der Waals surface area contributed by atoms with Gasteiger partial charge >= 0.3 is 0 Å². The Labute approximate surface area is 108 Å². The fraction of sp³-hybridized carbons (Fsp3) is 0.571. The summed E-state index contributed by atoms with van der Waals surface area (Å²) in [5.74, 6) is 1.49. The smallest absolute Gasteiger partial charge is 0.142 e. The molecule has 1 aliphatic rings. The number of nitrogens with zero attached hydrogens (tertiary/aromatic N) is 1. The zero-order valence-corrected chi connectivity index (χ0v) is 11.1. The highest BCUT2D eigenvalue weighted by Gasteiger charge is 2.20. The predicted octanol–water partition coefficient (Wildman–Crippen LogP) is 1.53. The second-order valence-electron chi connectivity index (χ2n) is 5.17. The van der Waals surface area contributed by atoms with Gasteiger partial charge in [0.25, 0.3) is 0 Å². The van der Waals surface area contributed by atoms with E-state index in [2.05, 4.69) is 18.7 Å². The van der Waals surface area contributed by atoms with E-state index in [4.69, 9.17) is 10.5 Å². The van der Waals surface area contributed by atoms with E-state index in [0.29, 0.717) is 5.92 Å². The van der Waals surface area contributed by atoms with Crippen LogP contribution in [0.25, 0.3) is 0 Å². The van der Waals surface area contributed by atoms with Crippen molar-refractivity contribution in [2.45, 2.75) is 20.0 Å². The second-order valence-corrected chi connectivity index (χ2v) is 5.17. The molecule has 1 aromatic rings. The molecule has 1 unspecified atom stereocenters. The quantitative estimate of drug-likeness (QED) is 0.851. The van der Waals surface area contributed by atoms with Gasteiger partial charge in [-0.3, -0.25) is 0 Å². The van der Waals surface area contributed by atoms with Crippen LogP contribution >= 0.6 is 0 Å². The number of hydrogen-bond acceptors (Lipinski definition) is 4. The van der Waals surface area contributed by atoms with Crippen molar-refractivity contribution in [1.82, 2.24) is 0 Å². The molecule has 2 rings (SSSR count). The van der Waals surface area contributed by atoms with Crippen LogP contribution in [0.2, 0.25) is 0 Å². The van der Waals surface area contributed by atoms with Gasteiger partial charge in [0.1, 0.15) is 12.4 Å². The molecule has 0 aliphatic carbocycles. The number of hydrogen-bond donors (Lipinski definition) is 2. The molecule has 0 bridgehead atoms. The maximum atomic E-state index is 9.81. The third kappa shape index (κ3) is 2.76. The molecule has 0 fully saturated rings. The minimum absolute atomic E-state index is 0.240.